The van der Waals surface area contributed by atoms with Gasteiger partial charge in [-0.05, 0) is 24.1 Å². The lowest BCUT2D eigenvalue weighted by atomic mass is 10.2. The standard InChI is InChI=1S/C13H13Cl3N2/c1-2-11(14)10-6-17-18(8-10)7-9-3-4-12(15)13(16)5-9/h3-6,8,11H,2,7H2,1H3. The highest BCUT2D eigenvalue weighted by Gasteiger charge is 2.08. The first kappa shape index (κ1) is 13.7. The largest absolute Gasteiger partial charge is 0.268 e. The molecule has 1 aromatic carbocycles. The zero-order valence-electron chi connectivity index (χ0n) is 9.91. The molecule has 2 aromatic rings. The third-order valence-corrected chi connectivity index (χ3v) is 4.00. The van der Waals surface area contributed by atoms with Gasteiger partial charge in [-0.15, -0.1) is 11.6 Å². The molecule has 0 N–H and O–H groups in total. The van der Waals surface area contributed by atoms with E-state index in [2.05, 4.69) is 5.10 Å². The van der Waals surface area contributed by atoms with Crippen LogP contribution in [0.3, 0.4) is 0 Å². The molecular weight excluding hydrogens is 291 g/mol. The molecule has 0 aliphatic rings. The summed E-state index contributed by atoms with van der Waals surface area (Å²) >= 11 is 18.0. The minimum atomic E-state index is 0.0209. The van der Waals surface area contributed by atoms with Crippen LogP contribution < -0.4 is 0 Å². The molecule has 0 aliphatic carbocycles. The van der Waals surface area contributed by atoms with Crippen LogP contribution in [-0.4, -0.2) is 9.78 Å². The van der Waals surface area contributed by atoms with Crippen LogP contribution in [0, 0.1) is 0 Å². The van der Waals surface area contributed by atoms with E-state index in [9.17, 15) is 0 Å². The second-order valence-electron chi connectivity index (χ2n) is 4.10. The van der Waals surface area contributed by atoms with E-state index in [1.807, 2.05) is 29.9 Å². The van der Waals surface area contributed by atoms with Crippen LogP contribution in [0.15, 0.2) is 30.6 Å². The highest BCUT2D eigenvalue weighted by Crippen LogP contribution is 2.25. The van der Waals surface area contributed by atoms with Crippen molar-refractivity contribution in [2.24, 2.45) is 0 Å². The molecule has 0 saturated carbocycles. The summed E-state index contributed by atoms with van der Waals surface area (Å²) in [5.74, 6) is 0. The molecular formula is C13H13Cl3N2. The molecule has 2 rings (SSSR count). The number of hydrogen-bond acceptors (Lipinski definition) is 1. The van der Waals surface area contributed by atoms with Crippen molar-refractivity contribution >= 4 is 34.8 Å². The minimum Gasteiger partial charge on any atom is -0.268 e. The summed E-state index contributed by atoms with van der Waals surface area (Å²) < 4.78 is 1.85. The van der Waals surface area contributed by atoms with Crippen molar-refractivity contribution in [1.29, 1.82) is 0 Å². The van der Waals surface area contributed by atoms with E-state index in [1.165, 1.54) is 0 Å². The Hall–Kier alpha value is -0.700. The van der Waals surface area contributed by atoms with Gasteiger partial charge >= 0.3 is 0 Å². The molecule has 0 bridgehead atoms. The molecule has 0 spiro atoms. The maximum atomic E-state index is 6.16. The van der Waals surface area contributed by atoms with Crippen LogP contribution in [0.2, 0.25) is 10.0 Å². The molecule has 1 heterocycles. The Morgan fingerprint density at radius 2 is 2.06 bits per heavy atom. The third kappa shape index (κ3) is 3.19. The van der Waals surface area contributed by atoms with Crippen LogP contribution in [0.1, 0.15) is 29.8 Å². The fraction of sp³-hybridized carbons (Fsp3) is 0.308. The van der Waals surface area contributed by atoms with Crippen molar-refractivity contribution in [3.05, 3.63) is 51.8 Å². The average molecular weight is 304 g/mol. The van der Waals surface area contributed by atoms with Gasteiger partial charge in [0.2, 0.25) is 0 Å². The Bertz CT molecular complexity index is 537. The Morgan fingerprint density at radius 3 is 2.72 bits per heavy atom. The van der Waals surface area contributed by atoms with Gasteiger partial charge in [0.05, 0.1) is 28.2 Å². The van der Waals surface area contributed by atoms with E-state index in [-0.39, 0.29) is 5.38 Å². The van der Waals surface area contributed by atoms with E-state index in [4.69, 9.17) is 34.8 Å². The maximum Gasteiger partial charge on any atom is 0.0660 e. The van der Waals surface area contributed by atoms with Gasteiger partial charge in [-0.2, -0.15) is 5.10 Å². The molecule has 2 nitrogen and oxygen atoms in total. The Balaban J connectivity index is 2.13. The van der Waals surface area contributed by atoms with Crippen LogP contribution in [0.4, 0.5) is 0 Å². The Morgan fingerprint density at radius 1 is 1.28 bits per heavy atom. The van der Waals surface area contributed by atoms with E-state index >= 15 is 0 Å². The van der Waals surface area contributed by atoms with Crippen molar-refractivity contribution in [3.63, 3.8) is 0 Å². The minimum absolute atomic E-state index is 0.0209. The zero-order chi connectivity index (χ0) is 13.1. The molecule has 0 radical (unpaired) electrons. The topological polar surface area (TPSA) is 17.8 Å². The van der Waals surface area contributed by atoms with Gasteiger partial charge in [0.25, 0.3) is 0 Å². The first-order valence-electron chi connectivity index (χ1n) is 5.70. The molecule has 0 aliphatic heterocycles. The van der Waals surface area contributed by atoms with Gasteiger partial charge in [-0.25, -0.2) is 0 Å². The monoisotopic (exact) mass is 302 g/mol. The predicted octanol–water partition coefficient (Wildman–Crippen LogP) is 4.93. The number of alkyl halides is 1. The van der Waals surface area contributed by atoms with Gasteiger partial charge in [-0.1, -0.05) is 36.2 Å². The summed E-state index contributed by atoms with van der Waals surface area (Å²) in [4.78, 5) is 0. The number of hydrogen-bond donors (Lipinski definition) is 0. The number of nitrogens with zero attached hydrogens (tertiary/aromatic N) is 2. The van der Waals surface area contributed by atoms with Gasteiger partial charge in [-0.3, -0.25) is 4.68 Å². The van der Waals surface area contributed by atoms with Crippen LogP contribution in [-0.2, 0) is 6.54 Å². The molecule has 1 aromatic heterocycles. The van der Waals surface area contributed by atoms with E-state index in [1.54, 1.807) is 12.3 Å². The van der Waals surface area contributed by atoms with Gasteiger partial charge in [0, 0.05) is 11.8 Å². The van der Waals surface area contributed by atoms with Crippen molar-refractivity contribution in [2.75, 3.05) is 0 Å². The van der Waals surface area contributed by atoms with Crippen molar-refractivity contribution in [2.45, 2.75) is 25.3 Å². The van der Waals surface area contributed by atoms with Crippen molar-refractivity contribution in [1.82, 2.24) is 9.78 Å². The second-order valence-corrected chi connectivity index (χ2v) is 5.44. The smallest absolute Gasteiger partial charge is 0.0660 e. The molecule has 18 heavy (non-hydrogen) atoms. The maximum absolute atomic E-state index is 6.16. The van der Waals surface area contributed by atoms with E-state index in [0.717, 1.165) is 17.5 Å². The normalized spacial score (nSPS) is 12.7. The number of halogens is 3. The van der Waals surface area contributed by atoms with Gasteiger partial charge in [0.15, 0.2) is 0 Å². The Labute approximate surface area is 121 Å². The number of aromatic nitrogens is 2. The SMILES string of the molecule is CCC(Cl)c1cnn(Cc2ccc(Cl)c(Cl)c2)c1. The summed E-state index contributed by atoms with van der Waals surface area (Å²) in [6, 6.07) is 5.58. The second kappa shape index (κ2) is 5.96. The van der Waals surface area contributed by atoms with Crippen LogP contribution >= 0.6 is 34.8 Å². The average Bonchev–Trinajstić information content (AvgIpc) is 2.81. The van der Waals surface area contributed by atoms with Crippen LogP contribution in [0.5, 0.6) is 0 Å². The molecule has 1 unspecified atom stereocenters. The van der Waals surface area contributed by atoms with Crippen molar-refractivity contribution in [3.8, 4) is 0 Å². The molecule has 0 fully saturated rings. The summed E-state index contributed by atoms with van der Waals surface area (Å²) in [6.07, 6.45) is 4.66. The molecule has 5 heteroatoms. The molecule has 1 atom stereocenters. The fourth-order valence-corrected chi connectivity index (χ4v) is 2.12. The summed E-state index contributed by atoms with van der Waals surface area (Å²) in [7, 11) is 0. The number of rotatable bonds is 4. The quantitative estimate of drug-likeness (QED) is 0.732. The van der Waals surface area contributed by atoms with Crippen molar-refractivity contribution < 1.29 is 0 Å². The summed E-state index contributed by atoms with van der Waals surface area (Å²) in [5.41, 5.74) is 2.10. The summed E-state index contributed by atoms with van der Waals surface area (Å²) in [6.45, 7) is 2.71. The van der Waals surface area contributed by atoms with Crippen LogP contribution in [0.25, 0.3) is 0 Å². The lowest BCUT2D eigenvalue weighted by Crippen LogP contribution is -1.99. The fourth-order valence-electron chi connectivity index (χ4n) is 1.69. The lowest BCUT2D eigenvalue weighted by Gasteiger charge is -2.04. The number of benzene rings is 1. The summed E-state index contributed by atoms with van der Waals surface area (Å²) in [5, 5.41) is 5.43. The first-order chi connectivity index (χ1) is 8.60. The predicted molar refractivity (Wildman–Crippen MR) is 76.7 cm³/mol. The molecule has 0 amide bonds. The lowest BCUT2D eigenvalue weighted by molar-refractivity contribution is 0.685. The van der Waals surface area contributed by atoms with E-state index in [0.29, 0.717) is 16.6 Å². The zero-order valence-corrected chi connectivity index (χ0v) is 12.2. The molecule has 96 valence electrons. The highest BCUT2D eigenvalue weighted by atomic mass is 35.5. The van der Waals surface area contributed by atoms with E-state index < -0.39 is 0 Å². The Kier molecular flexibility index (Phi) is 4.55. The molecule has 0 saturated heterocycles. The first-order valence-corrected chi connectivity index (χ1v) is 6.89. The van der Waals surface area contributed by atoms with Gasteiger partial charge in [0.1, 0.15) is 0 Å². The van der Waals surface area contributed by atoms with Gasteiger partial charge < -0.3 is 0 Å². The highest BCUT2D eigenvalue weighted by molar-refractivity contribution is 6.42. The third-order valence-electron chi connectivity index (χ3n) is 2.70.